The highest BCUT2D eigenvalue weighted by molar-refractivity contribution is 8.00. The molecule has 2 heterocycles. The van der Waals surface area contributed by atoms with E-state index in [9.17, 15) is 0 Å². The first kappa shape index (κ1) is 36.6. The molecule has 0 aliphatic heterocycles. The van der Waals surface area contributed by atoms with E-state index in [1.165, 1.54) is 33.4 Å². The summed E-state index contributed by atoms with van der Waals surface area (Å²) in [5, 5.41) is 4.71. The quantitative estimate of drug-likeness (QED) is 0.109. The van der Waals surface area contributed by atoms with Gasteiger partial charge in [-0.15, -0.1) is 0 Å². The van der Waals surface area contributed by atoms with Gasteiger partial charge in [-0.3, -0.25) is 0 Å². The molecule has 2 aromatic heterocycles. The maximum Gasteiger partial charge on any atom is 0.192 e. The van der Waals surface area contributed by atoms with E-state index in [0.717, 1.165) is 55.3 Å². The van der Waals surface area contributed by atoms with Crippen LogP contribution < -0.4 is 0 Å². The molecule has 0 atom stereocenters. The molecule has 0 spiro atoms. The molecule has 240 valence electrons. The number of aryl methyl sites for hydroxylation is 2. The van der Waals surface area contributed by atoms with Crippen molar-refractivity contribution in [3.8, 4) is 11.1 Å². The average Bonchev–Trinajstić information content (AvgIpc) is 3.13. The van der Waals surface area contributed by atoms with Crippen LogP contribution in [0.1, 0.15) is 36.1 Å². The fourth-order valence-corrected chi connectivity index (χ4v) is 7.43. The predicted molar refractivity (Wildman–Crippen MR) is 203 cm³/mol. The maximum absolute atomic E-state index is 4.49. The SMILES string of the molecule is CCc1ccc(-c2ccc(CSc3nc(SC)nc(SC)n3)cc2)cc1.CCc1cccc(CSc2nc(SC)nc(SC)n2)c1. The minimum Gasteiger partial charge on any atom is -0.196 e. The largest absolute Gasteiger partial charge is 0.196 e. The Labute approximate surface area is 298 Å². The van der Waals surface area contributed by atoms with E-state index in [2.05, 4.69) is 117 Å². The van der Waals surface area contributed by atoms with E-state index >= 15 is 0 Å². The zero-order chi connectivity index (χ0) is 32.7. The minimum atomic E-state index is 0.776. The molecule has 0 aliphatic rings. The standard InChI is InChI=1S/C20H21N3S3.C14H17N3S3/c1-4-14-5-9-16(10-6-14)17-11-7-15(8-12-17)13-26-20-22-18(24-2)21-19(23-20)25-3;1-4-10-6-5-7-11(8-10)9-20-14-16-12(18-2)15-13(17-14)19-3/h5-12H,4,13H2,1-3H3;5-8H,4,9H2,1-3H3. The van der Waals surface area contributed by atoms with Crippen LogP contribution in [0.2, 0.25) is 0 Å². The van der Waals surface area contributed by atoms with Gasteiger partial charge in [0.25, 0.3) is 0 Å². The Hall–Kier alpha value is -2.22. The van der Waals surface area contributed by atoms with Gasteiger partial charge in [0.1, 0.15) is 0 Å². The lowest BCUT2D eigenvalue weighted by Gasteiger charge is -2.06. The summed E-state index contributed by atoms with van der Waals surface area (Å²) in [6, 6.07) is 26.2. The number of thioether (sulfide) groups is 6. The molecular weight excluding hydrogens is 685 g/mol. The van der Waals surface area contributed by atoms with Crippen molar-refractivity contribution in [3.63, 3.8) is 0 Å². The zero-order valence-electron chi connectivity index (χ0n) is 26.9. The summed E-state index contributed by atoms with van der Waals surface area (Å²) in [5.74, 6) is 1.74. The molecule has 0 aliphatic carbocycles. The fraction of sp³-hybridized carbons (Fsp3) is 0.294. The fourth-order valence-electron chi connectivity index (χ4n) is 4.10. The first-order chi connectivity index (χ1) is 22.5. The molecular formula is C34H38N6S6. The molecule has 0 unspecified atom stereocenters. The summed E-state index contributed by atoms with van der Waals surface area (Å²) in [6.07, 6.45) is 10.1. The minimum absolute atomic E-state index is 0.776. The molecule has 46 heavy (non-hydrogen) atoms. The highest BCUT2D eigenvalue weighted by atomic mass is 32.2. The Morgan fingerprint density at radius 1 is 0.413 bits per heavy atom. The van der Waals surface area contributed by atoms with Crippen molar-refractivity contribution in [2.24, 2.45) is 0 Å². The van der Waals surface area contributed by atoms with Crippen molar-refractivity contribution in [2.75, 3.05) is 25.0 Å². The Kier molecular flexibility index (Phi) is 15.6. The Balaban J connectivity index is 0.000000216. The lowest BCUT2D eigenvalue weighted by molar-refractivity contribution is 0.719. The molecule has 0 amide bonds. The average molecular weight is 723 g/mol. The third-order valence-corrected chi connectivity index (χ3v) is 10.7. The third kappa shape index (κ3) is 11.5. The summed E-state index contributed by atoms with van der Waals surface area (Å²) in [4.78, 5) is 26.6. The van der Waals surface area contributed by atoms with E-state index in [-0.39, 0.29) is 0 Å². The first-order valence-electron chi connectivity index (χ1n) is 14.7. The van der Waals surface area contributed by atoms with Gasteiger partial charge in [0.2, 0.25) is 0 Å². The van der Waals surface area contributed by atoms with E-state index in [1.807, 2.05) is 25.0 Å². The van der Waals surface area contributed by atoms with E-state index in [0.29, 0.717) is 0 Å². The van der Waals surface area contributed by atoms with Crippen molar-refractivity contribution >= 4 is 70.6 Å². The normalized spacial score (nSPS) is 10.8. The zero-order valence-corrected chi connectivity index (χ0v) is 31.8. The highest BCUT2D eigenvalue weighted by Gasteiger charge is 2.08. The van der Waals surface area contributed by atoms with E-state index in [4.69, 9.17) is 0 Å². The third-order valence-electron chi connectivity index (χ3n) is 6.66. The van der Waals surface area contributed by atoms with Gasteiger partial charge in [0, 0.05) is 11.5 Å². The van der Waals surface area contributed by atoms with E-state index < -0.39 is 0 Å². The summed E-state index contributed by atoms with van der Waals surface area (Å²) in [7, 11) is 0. The van der Waals surface area contributed by atoms with Crippen LogP contribution in [0.25, 0.3) is 11.1 Å². The van der Waals surface area contributed by atoms with Crippen LogP contribution in [0.15, 0.2) is 104 Å². The lowest BCUT2D eigenvalue weighted by atomic mass is 10.0. The second kappa shape index (κ2) is 19.6. The van der Waals surface area contributed by atoms with Gasteiger partial charge in [-0.1, -0.05) is 157 Å². The molecule has 6 nitrogen and oxygen atoms in total. The van der Waals surface area contributed by atoms with Gasteiger partial charge >= 0.3 is 0 Å². The van der Waals surface area contributed by atoms with Crippen LogP contribution in [0.5, 0.6) is 0 Å². The Morgan fingerprint density at radius 2 is 0.783 bits per heavy atom. The van der Waals surface area contributed by atoms with Gasteiger partial charge in [0.15, 0.2) is 30.9 Å². The van der Waals surface area contributed by atoms with Gasteiger partial charge in [-0.05, 0) is 71.2 Å². The van der Waals surface area contributed by atoms with Gasteiger partial charge < -0.3 is 0 Å². The number of hydrogen-bond donors (Lipinski definition) is 0. The molecule has 0 radical (unpaired) electrons. The molecule has 5 rings (SSSR count). The van der Waals surface area contributed by atoms with Crippen molar-refractivity contribution < 1.29 is 0 Å². The maximum atomic E-state index is 4.49. The molecule has 0 fully saturated rings. The van der Waals surface area contributed by atoms with Crippen LogP contribution in [0.4, 0.5) is 0 Å². The highest BCUT2D eigenvalue weighted by Crippen LogP contribution is 2.27. The Bertz CT molecular complexity index is 1620. The van der Waals surface area contributed by atoms with Crippen LogP contribution >= 0.6 is 70.6 Å². The molecule has 3 aromatic carbocycles. The molecule has 0 saturated heterocycles. The van der Waals surface area contributed by atoms with Crippen molar-refractivity contribution in [2.45, 2.75) is 69.1 Å². The second-order valence-corrected chi connectivity index (χ2v) is 14.7. The summed E-state index contributed by atoms with van der Waals surface area (Å²) in [6.45, 7) is 4.35. The molecule has 0 saturated carbocycles. The molecule has 5 aromatic rings. The van der Waals surface area contributed by atoms with Crippen molar-refractivity contribution in [1.29, 1.82) is 0 Å². The smallest absolute Gasteiger partial charge is 0.192 e. The number of nitrogens with zero attached hydrogens (tertiary/aromatic N) is 6. The summed E-state index contributed by atoms with van der Waals surface area (Å²) >= 11 is 9.51. The van der Waals surface area contributed by atoms with Gasteiger partial charge in [0.05, 0.1) is 0 Å². The molecule has 0 bridgehead atoms. The van der Waals surface area contributed by atoms with Crippen LogP contribution in [0, 0.1) is 0 Å². The topological polar surface area (TPSA) is 77.3 Å². The number of rotatable bonds is 13. The van der Waals surface area contributed by atoms with Crippen LogP contribution in [-0.4, -0.2) is 54.9 Å². The van der Waals surface area contributed by atoms with Gasteiger partial charge in [-0.2, -0.15) is 29.9 Å². The summed E-state index contributed by atoms with van der Waals surface area (Å²) < 4.78 is 0. The van der Waals surface area contributed by atoms with E-state index in [1.54, 1.807) is 70.6 Å². The molecule has 0 N–H and O–H groups in total. The monoisotopic (exact) mass is 722 g/mol. The van der Waals surface area contributed by atoms with Gasteiger partial charge in [-0.25, -0.2) is 0 Å². The number of hydrogen-bond acceptors (Lipinski definition) is 12. The number of benzene rings is 3. The van der Waals surface area contributed by atoms with Crippen LogP contribution in [0.3, 0.4) is 0 Å². The van der Waals surface area contributed by atoms with Crippen molar-refractivity contribution in [1.82, 2.24) is 29.9 Å². The second-order valence-electron chi connectivity index (χ2n) is 9.68. The predicted octanol–water partition coefficient (Wildman–Crippen LogP) is 10.0. The number of aromatic nitrogens is 6. The van der Waals surface area contributed by atoms with Crippen LogP contribution in [-0.2, 0) is 24.3 Å². The first-order valence-corrected chi connectivity index (χ1v) is 21.5. The summed E-state index contributed by atoms with van der Waals surface area (Å²) in [5.41, 5.74) is 7.82. The Morgan fingerprint density at radius 3 is 1.20 bits per heavy atom. The molecule has 12 heteroatoms. The lowest BCUT2D eigenvalue weighted by Crippen LogP contribution is -1.96. The van der Waals surface area contributed by atoms with Crippen molar-refractivity contribution in [3.05, 3.63) is 95.1 Å².